The molecule has 164 valence electrons. The Labute approximate surface area is 187 Å². The Balaban J connectivity index is 1.53. The van der Waals surface area contributed by atoms with Crippen molar-refractivity contribution in [2.24, 2.45) is 0 Å². The van der Waals surface area contributed by atoms with Gasteiger partial charge in [-0.1, -0.05) is 38.0 Å². The molecule has 3 rings (SSSR count). The predicted molar refractivity (Wildman–Crippen MR) is 123 cm³/mol. The molecule has 0 amide bonds. The third-order valence-electron chi connectivity index (χ3n) is 4.75. The summed E-state index contributed by atoms with van der Waals surface area (Å²) in [6.45, 7) is 2.80. The summed E-state index contributed by atoms with van der Waals surface area (Å²) in [6.07, 6.45) is 6.34. The molecule has 0 saturated carbocycles. The number of ketones is 1. The highest BCUT2D eigenvalue weighted by Gasteiger charge is 2.09. The number of ether oxygens (including phenoxy) is 2. The van der Waals surface area contributed by atoms with Crippen LogP contribution < -0.4 is 9.47 Å². The van der Waals surface area contributed by atoms with E-state index in [4.69, 9.17) is 9.47 Å². The van der Waals surface area contributed by atoms with Crippen LogP contribution in [0, 0.1) is 5.82 Å². The van der Waals surface area contributed by atoms with E-state index < -0.39 is 5.97 Å². The topological polar surface area (TPSA) is 52.6 Å². The molecular formula is C27H25FO4. The van der Waals surface area contributed by atoms with E-state index in [2.05, 4.69) is 6.92 Å². The van der Waals surface area contributed by atoms with Gasteiger partial charge in [0.25, 0.3) is 0 Å². The van der Waals surface area contributed by atoms with E-state index in [1.807, 2.05) is 0 Å². The summed E-state index contributed by atoms with van der Waals surface area (Å²) in [5.41, 5.74) is 1.61. The van der Waals surface area contributed by atoms with E-state index in [1.54, 1.807) is 54.6 Å². The van der Waals surface area contributed by atoms with Crippen molar-refractivity contribution in [2.75, 3.05) is 6.61 Å². The van der Waals surface area contributed by atoms with Gasteiger partial charge < -0.3 is 9.47 Å². The van der Waals surface area contributed by atoms with E-state index in [0.29, 0.717) is 23.5 Å². The Hall–Kier alpha value is -3.73. The highest BCUT2D eigenvalue weighted by Crippen LogP contribution is 2.18. The van der Waals surface area contributed by atoms with Crippen molar-refractivity contribution >= 4 is 17.8 Å². The molecule has 0 fully saturated rings. The average molecular weight is 432 g/mol. The number of hydrogen-bond donors (Lipinski definition) is 0. The fourth-order valence-corrected chi connectivity index (χ4v) is 2.92. The van der Waals surface area contributed by atoms with E-state index in [9.17, 15) is 14.0 Å². The molecule has 0 heterocycles. The van der Waals surface area contributed by atoms with Crippen LogP contribution in [0.2, 0.25) is 0 Å². The minimum absolute atomic E-state index is 0.224. The molecule has 0 radical (unpaired) electrons. The number of carbonyl (C=O) groups excluding carboxylic acids is 2. The van der Waals surface area contributed by atoms with E-state index in [-0.39, 0.29) is 11.6 Å². The van der Waals surface area contributed by atoms with Crippen LogP contribution in [0.25, 0.3) is 6.08 Å². The molecule has 0 atom stereocenters. The second-order valence-corrected chi connectivity index (χ2v) is 7.24. The lowest BCUT2D eigenvalue weighted by Gasteiger charge is -2.07. The van der Waals surface area contributed by atoms with Crippen LogP contribution in [0.1, 0.15) is 52.5 Å². The van der Waals surface area contributed by atoms with Crippen molar-refractivity contribution in [1.29, 1.82) is 0 Å². The van der Waals surface area contributed by atoms with Gasteiger partial charge in [0, 0.05) is 5.56 Å². The van der Waals surface area contributed by atoms with Gasteiger partial charge in [-0.2, -0.15) is 0 Å². The van der Waals surface area contributed by atoms with Gasteiger partial charge in [0.2, 0.25) is 0 Å². The number of esters is 1. The first-order valence-corrected chi connectivity index (χ1v) is 10.6. The molecule has 5 heteroatoms. The van der Waals surface area contributed by atoms with Crippen molar-refractivity contribution in [2.45, 2.75) is 26.2 Å². The molecule has 0 saturated heterocycles. The molecule has 32 heavy (non-hydrogen) atoms. The first-order valence-electron chi connectivity index (χ1n) is 10.6. The summed E-state index contributed by atoms with van der Waals surface area (Å²) in [7, 11) is 0. The maximum Gasteiger partial charge on any atom is 0.343 e. The standard InChI is InChI=1S/C27H25FO4/c1-2-3-4-19-31-24-16-10-22(11-17-24)27(30)32-25-14-5-20(6-15-25)7-18-26(29)21-8-12-23(28)13-9-21/h5-18H,2-4,19H2,1H3/b18-7+. The maximum absolute atomic E-state index is 13.0. The third kappa shape index (κ3) is 6.91. The molecular weight excluding hydrogens is 407 g/mol. The molecule has 0 aromatic heterocycles. The van der Waals surface area contributed by atoms with Crippen molar-refractivity contribution in [3.05, 3.63) is 101 Å². The fourth-order valence-electron chi connectivity index (χ4n) is 2.92. The number of benzene rings is 3. The molecule has 0 unspecified atom stereocenters. The first kappa shape index (κ1) is 22.9. The lowest BCUT2D eigenvalue weighted by atomic mass is 10.1. The number of allylic oxidation sites excluding steroid dienone is 1. The normalized spacial score (nSPS) is 10.8. The minimum Gasteiger partial charge on any atom is -0.494 e. The first-order chi connectivity index (χ1) is 15.5. The summed E-state index contributed by atoms with van der Waals surface area (Å²) >= 11 is 0. The Morgan fingerprint density at radius 3 is 2.09 bits per heavy atom. The van der Waals surface area contributed by atoms with E-state index >= 15 is 0 Å². The van der Waals surface area contributed by atoms with E-state index in [0.717, 1.165) is 30.6 Å². The minimum atomic E-state index is -0.461. The Morgan fingerprint density at radius 2 is 1.44 bits per heavy atom. The van der Waals surface area contributed by atoms with Crippen LogP contribution in [-0.2, 0) is 0 Å². The molecule has 3 aromatic carbocycles. The number of carbonyl (C=O) groups is 2. The van der Waals surface area contributed by atoms with Crippen LogP contribution in [0.15, 0.2) is 78.9 Å². The summed E-state index contributed by atoms with van der Waals surface area (Å²) in [6, 6.07) is 19.0. The van der Waals surface area contributed by atoms with Gasteiger partial charge in [-0.15, -0.1) is 0 Å². The van der Waals surface area contributed by atoms with Crippen LogP contribution in [-0.4, -0.2) is 18.4 Å². The lowest BCUT2D eigenvalue weighted by molar-refractivity contribution is 0.0734. The smallest absolute Gasteiger partial charge is 0.343 e. The fraction of sp³-hybridized carbons (Fsp3) is 0.185. The van der Waals surface area contributed by atoms with Crippen molar-refractivity contribution < 1.29 is 23.5 Å². The SMILES string of the molecule is CCCCCOc1ccc(C(=O)Oc2ccc(/C=C/C(=O)c3ccc(F)cc3)cc2)cc1. The van der Waals surface area contributed by atoms with Crippen LogP contribution in [0.4, 0.5) is 4.39 Å². The zero-order valence-electron chi connectivity index (χ0n) is 17.9. The highest BCUT2D eigenvalue weighted by atomic mass is 19.1. The van der Waals surface area contributed by atoms with Gasteiger partial charge in [0.1, 0.15) is 17.3 Å². The molecule has 0 aliphatic rings. The largest absolute Gasteiger partial charge is 0.494 e. The number of rotatable bonds is 10. The molecule has 0 aliphatic carbocycles. The third-order valence-corrected chi connectivity index (χ3v) is 4.75. The Bertz CT molecular complexity index is 1050. The molecule has 0 spiro atoms. The Kier molecular flexibility index (Phi) is 8.32. The van der Waals surface area contributed by atoms with Gasteiger partial charge >= 0.3 is 5.97 Å². The van der Waals surface area contributed by atoms with Crippen LogP contribution in [0.5, 0.6) is 11.5 Å². The molecule has 0 aliphatic heterocycles. The summed E-state index contributed by atoms with van der Waals surface area (Å²) in [5.74, 6) is 0.0545. The quantitative estimate of drug-likeness (QED) is 0.120. The second kappa shape index (κ2) is 11.6. The number of unbranched alkanes of at least 4 members (excludes halogenated alkanes) is 2. The van der Waals surface area contributed by atoms with E-state index in [1.165, 1.54) is 30.3 Å². The summed E-state index contributed by atoms with van der Waals surface area (Å²) < 4.78 is 24.0. The van der Waals surface area contributed by atoms with Crippen LogP contribution in [0.3, 0.4) is 0 Å². The zero-order chi connectivity index (χ0) is 22.8. The lowest BCUT2D eigenvalue weighted by Crippen LogP contribution is -2.08. The Morgan fingerprint density at radius 1 is 0.812 bits per heavy atom. The molecule has 0 N–H and O–H groups in total. The zero-order valence-corrected chi connectivity index (χ0v) is 17.9. The maximum atomic E-state index is 13.0. The second-order valence-electron chi connectivity index (χ2n) is 7.24. The average Bonchev–Trinajstić information content (AvgIpc) is 2.82. The number of halogens is 1. The number of hydrogen-bond acceptors (Lipinski definition) is 4. The summed E-state index contributed by atoms with van der Waals surface area (Å²) in [5, 5.41) is 0. The molecule has 3 aromatic rings. The van der Waals surface area contributed by atoms with Gasteiger partial charge in [-0.25, -0.2) is 9.18 Å². The molecule has 0 bridgehead atoms. The van der Waals surface area contributed by atoms with Gasteiger partial charge in [-0.3, -0.25) is 4.79 Å². The van der Waals surface area contributed by atoms with Crippen LogP contribution >= 0.6 is 0 Å². The predicted octanol–water partition coefficient (Wildman–Crippen LogP) is 6.51. The molecule has 4 nitrogen and oxygen atoms in total. The van der Waals surface area contributed by atoms with Crippen molar-refractivity contribution in [3.63, 3.8) is 0 Å². The van der Waals surface area contributed by atoms with Gasteiger partial charge in [0.15, 0.2) is 5.78 Å². The van der Waals surface area contributed by atoms with Crippen molar-refractivity contribution in [3.8, 4) is 11.5 Å². The highest BCUT2D eigenvalue weighted by molar-refractivity contribution is 6.06. The van der Waals surface area contributed by atoms with Gasteiger partial charge in [-0.05, 0) is 78.7 Å². The summed E-state index contributed by atoms with van der Waals surface area (Å²) in [4.78, 5) is 24.5. The van der Waals surface area contributed by atoms with Gasteiger partial charge in [0.05, 0.1) is 12.2 Å². The monoisotopic (exact) mass is 432 g/mol. The van der Waals surface area contributed by atoms with Crippen molar-refractivity contribution in [1.82, 2.24) is 0 Å².